The molecule has 1 heterocycles. The molecular formula is C13H15Cl3N2O. The Morgan fingerprint density at radius 2 is 1.79 bits per heavy atom. The Kier molecular flexibility index (Phi) is 5.34. The Balaban J connectivity index is 1.99. The lowest BCUT2D eigenvalue weighted by atomic mass is 10.2. The Morgan fingerprint density at radius 3 is 2.37 bits per heavy atom. The zero-order chi connectivity index (χ0) is 13.8. The maximum atomic E-state index is 12.3. The molecular weight excluding hydrogens is 307 g/mol. The number of hydrogen-bond acceptors (Lipinski definition) is 2. The summed E-state index contributed by atoms with van der Waals surface area (Å²) in [6, 6.07) is 4.99. The molecule has 1 fully saturated rings. The molecule has 0 saturated carbocycles. The van der Waals surface area contributed by atoms with Crippen LogP contribution in [0.3, 0.4) is 0 Å². The van der Waals surface area contributed by atoms with Gasteiger partial charge in [-0.1, -0.05) is 23.2 Å². The van der Waals surface area contributed by atoms with Crippen molar-refractivity contribution in [3.63, 3.8) is 0 Å². The molecule has 2 rings (SSSR count). The molecule has 0 unspecified atom stereocenters. The summed E-state index contributed by atoms with van der Waals surface area (Å²) in [6.45, 7) is 4.03. The van der Waals surface area contributed by atoms with E-state index >= 15 is 0 Å². The largest absolute Gasteiger partial charge is 0.336 e. The average Bonchev–Trinajstić information content (AvgIpc) is 2.42. The van der Waals surface area contributed by atoms with E-state index in [0.717, 1.165) is 32.7 Å². The van der Waals surface area contributed by atoms with Gasteiger partial charge in [0.05, 0.1) is 10.0 Å². The van der Waals surface area contributed by atoms with Gasteiger partial charge in [0.2, 0.25) is 0 Å². The van der Waals surface area contributed by atoms with E-state index in [1.807, 2.05) is 4.90 Å². The molecule has 3 nitrogen and oxygen atoms in total. The fourth-order valence-corrected chi connectivity index (χ4v) is 2.64. The molecule has 1 aromatic carbocycles. The molecule has 0 bridgehead atoms. The molecule has 1 aliphatic rings. The highest BCUT2D eigenvalue weighted by Gasteiger charge is 2.22. The fraction of sp³-hybridized carbons (Fsp3) is 0.462. The number of amides is 1. The molecule has 0 aliphatic carbocycles. The molecule has 19 heavy (non-hydrogen) atoms. The third kappa shape index (κ3) is 3.76. The average molecular weight is 322 g/mol. The second kappa shape index (κ2) is 6.80. The topological polar surface area (TPSA) is 23.6 Å². The van der Waals surface area contributed by atoms with E-state index in [4.69, 9.17) is 34.8 Å². The number of halogens is 3. The van der Waals surface area contributed by atoms with E-state index in [1.165, 1.54) is 0 Å². The minimum atomic E-state index is 0.00379. The molecule has 1 saturated heterocycles. The first-order valence-corrected chi connectivity index (χ1v) is 7.43. The quantitative estimate of drug-likeness (QED) is 0.799. The predicted molar refractivity (Wildman–Crippen MR) is 79.5 cm³/mol. The van der Waals surface area contributed by atoms with Gasteiger partial charge in [0, 0.05) is 44.2 Å². The van der Waals surface area contributed by atoms with Crippen molar-refractivity contribution in [2.75, 3.05) is 38.6 Å². The van der Waals surface area contributed by atoms with Crippen LogP contribution in [0.5, 0.6) is 0 Å². The Bertz CT molecular complexity index is 459. The summed E-state index contributed by atoms with van der Waals surface area (Å²) in [5, 5.41) is 0.874. The predicted octanol–water partition coefficient (Wildman–Crippen LogP) is 2.99. The molecule has 1 aliphatic heterocycles. The van der Waals surface area contributed by atoms with Gasteiger partial charge >= 0.3 is 0 Å². The lowest BCUT2D eigenvalue weighted by Crippen LogP contribution is -2.49. The number of rotatable bonds is 3. The molecule has 104 valence electrons. The van der Waals surface area contributed by atoms with Crippen molar-refractivity contribution in [2.45, 2.75) is 0 Å². The number of piperazine rings is 1. The third-order valence-corrected chi connectivity index (χ3v) is 4.13. The van der Waals surface area contributed by atoms with Crippen LogP contribution in [0.15, 0.2) is 18.2 Å². The van der Waals surface area contributed by atoms with Crippen LogP contribution in [0.4, 0.5) is 0 Å². The van der Waals surface area contributed by atoms with Crippen molar-refractivity contribution in [1.29, 1.82) is 0 Å². The van der Waals surface area contributed by atoms with Gasteiger partial charge in [-0.25, -0.2) is 0 Å². The second-order valence-electron chi connectivity index (χ2n) is 4.45. The van der Waals surface area contributed by atoms with E-state index < -0.39 is 0 Å². The smallest absolute Gasteiger partial charge is 0.253 e. The molecule has 6 heteroatoms. The van der Waals surface area contributed by atoms with Crippen LogP contribution in [-0.4, -0.2) is 54.3 Å². The monoisotopic (exact) mass is 320 g/mol. The van der Waals surface area contributed by atoms with Crippen LogP contribution in [0, 0.1) is 0 Å². The highest BCUT2D eigenvalue weighted by molar-refractivity contribution is 6.42. The number of hydrogen-bond donors (Lipinski definition) is 0. The van der Waals surface area contributed by atoms with Crippen molar-refractivity contribution >= 4 is 40.7 Å². The molecule has 0 radical (unpaired) electrons. The zero-order valence-electron chi connectivity index (χ0n) is 10.4. The maximum absolute atomic E-state index is 12.3. The normalized spacial score (nSPS) is 16.7. The standard InChI is InChI=1S/C13H15Cl3N2O/c14-3-4-17-5-7-18(8-6-17)13(19)10-1-2-11(15)12(16)9-10/h1-2,9H,3-8H2. The van der Waals surface area contributed by atoms with E-state index in [1.54, 1.807) is 18.2 Å². The van der Waals surface area contributed by atoms with Crippen LogP contribution >= 0.6 is 34.8 Å². The van der Waals surface area contributed by atoms with Crippen molar-refractivity contribution in [3.05, 3.63) is 33.8 Å². The summed E-state index contributed by atoms with van der Waals surface area (Å²) >= 11 is 17.5. The number of benzene rings is 1. The molecule has 0 atom stereocenters. The Morgan fingerprint density at radius 1 is 1.11 bits per heavy atom. The first-order chi connectivity index (χ1) is 9.11. The summed E-state index contributed by atoms with van der Waals surface area (Å²) < 4.78 is 0. The maximum Gasteiger partial charge on any atom is 0.253 e. The summed E-state index contributed by atoms with van der Waals surface area (Å²) in [4.78, 5) is 16.4. The van der Waals surface area contributed by atoms with E-state index in [0.29, 0.717) is 21.5 Å². The summed E-state index contributed by atoms with van der Waals surface area (Å²) in [6.07, 6.45) is 0. The molecule has 0 spiro atoms. The van der Waals surface area contributed by atoms with Crippen LogP contribution in [0.1, 0.15) is 10.4 Å². The molecule has 1 amide bonds. The van der Waals surface area contributed by atoms with Gasteiger partial charge in [-0.05, 0) is 18.2 Å². The minimum absolute atomic E-state index is 0.00379. The van der Waals surface area contributed by atoms with Crippen molar-refractivity contribution < 1.29 is 4.79 Å². The van der Waals surface area contributed by atoms with Gasteiger partial charge in [-0.2, -0.15) is 0 Å². The third-order valence-electron chi connectivity index (χ3n) is 3.23. The van der Waals surface area contributed by atoms with E-state index in [2.05, 4.69) is 4.90 Å². The van der Waals surface area contributed by atoms with Gasteiger partial charge in [0.25, 0.3) is 5.91 Å². The SMILES string of the molecule is O=C(c1ccc(Cl)c(Cl)c1)N1CCN(CCCl)CC1. The van der Waals surface area contributed by atoms with Gasteiger partial charge in [0.1, 0.15) is 0 Å². The fourth-order valence-electron chi connectivity index (χ4n) is 2.11. The minimum Gasteiger partial charge on any atom is -0.336 e. The lowest BCUT2D eigenvalue weighted by Gasteiger charge is -2.34. The Labute approximate surface area is 128 Å². The highest BCUT2D eigenvalue weighted by atomic mass is 35.5. The molecule has 1 aromatic rings. The zero-order valence-corrected chi connectivity index (χ0v) is 12.7. The van der Waals surface area contributed by atoms with Crippen molar-refractivity contribution in [1.82, 2.24) is 9.80 Å². The highest BCUT2D eigenvalue weighted by Crippen LogP contribution is 2.23. The van der Waals surface area contributed by atoms with Crippen LogP contribution in [-0.2, 0) is 0 Å². The van der Waals surface area contributed by atoms with Crippen LogP contribution < -0.4 is 0 Å². The van der Waals surface area contributed by atoms with Crippen LogP contribution in [0.2, 0.25) is 10.0 Å². The van der Waals surface area contributed by atoms with E-state index in [9.17, 15) is 4.79 Å². The number of nitrogens with zero attached hydrogens (tertiary/aromatic N) is 2. The first-order valence-electron chi connectivity index (χ1n) is 6.14. The van der Waals surface area contributed by atoms with Gasteiger partial charge in [-0.15, -0.1) is 11.6 Å². The number of carbonyl (C=O) groups is 1. The number of carbonyl (C=O) groups excluding carboxylic acids is 1. The summed E-state index contributed by atoms with van der Waals surface area (Å²) in [7, 11) is 0. The number of alkyl halides is 1. The first kappa shape index (κ1) is 14.9. The van der Waals surface area contributed by atoms with Gasteiger partial charge in [-0.3, -0.25) is 9.69 Å². The summed E-state index contributed by atoms with van der Waals surface area (Å²) in [5.74, 6) is 0.630. The van der Waals surface area contributed by atoms with Gasteiger partial charge in [0.15, 0.2) is 0 Å². The van der Waals surface area contributed by atoms with E-state index in [-0.39, 0.29) is 5.91 Å². The van der Waals surface area contributed by atoms with Crippen molar-refractivity contribution in [2.24, 2.45) is 0 Å². The Hall–Kier alpha value is -0.480. The van der Waals surface area contributed by atoms with Gasteiger partial charge < -0.3 is 4.90 Å². The molecule has 0 N–H and O–H groups in total. The lowest BCUT2D eigenvalue weighted by molar-refractivity contribution is 0.0644. The second-order valence-corrected chi connectivity index (χ2v) is 5.64. The summed E-state index contributed by atoms with van der Waals surface area (Å²) in [5.41, 5.74) is 0.584. The van der Waals surface area contributed by atoms with Crippen LogP contribution in [0.25, 0.3) is 0 Å². The van der Waals surface area contributed by atoms with Crippen molar-refractivity contribution in [3.8, 4) is 0 Å². The molecule has 0 aromatic heterocycles.